The summed E-state index contributed by atoms with van der Waals surface area (Å²) in [5.41, 5.74) is 8.50. The lowest BCUT2D eigenvalue weighted by atomic mass is 9.98. The fourth-order valence-corrected chi connectivity index (χ4v) is 5.08. The smallest absolute Gasteiger partial charge is 0.259 e. The first-order valence-corrected chi connectivity index (χ1v) is 11.5. The lowest BCUT2D eigenvalue weighted by Gasteiger charge is -2.33. The highest BCUT2D eigenvalue weighted by atomic mass is 32.2. The molecule has 0 unspecified atom stereocenters. The van der Waals surface area contributed by atoms with E-state index in [4.69, 9.17) is 10.5 Å². The van der Waals surface area contributed by atoms with Crippen molar-refractivity contribution in [2.24, 2.45) is 16.0 Å². The van der Waals surface area contributed by atoms with Gasteiger partial charge in [0.25, 0.3) is 15.9 Å². The first-order valence-electron chi connectivity index (χ1n) is 9.87. The van der Waals surface area contributed by atoms with Crippen LogP contribution in [0.5, 0.6) is 5.75 Å². The number of hydrogen-bond acceptors (Lipinski definition) is 6. The maximum atomic E-state index is 12.8. The van der Waals surface area contributed by atoms with Gasteiger partial charge in [-0.1, -0.05) is 12.1 Å². The third-order valence-electron chi connectivity index (χ3n) is 5.37. The molecular formula is C21H24N4O4S. The van der Waals surface area contributed by atoms with Crippen LogP contribution in [0.3, 0.4) is 0 Å². The average molecular weight is 429 g/mol. The van der Waals surface area contributed by atoms with Crippen molar-refractivity contribution in [1.82, 2.24) is 9.88 Å². The van der Waals surface area contributed by atoms with E-state index in [0.717, 1.165) is 25.1 Å². The molecule has 1 amide bonds. The van der Waals surface area contributed by atoms with E-state index in [1.54, 1.807) is 36.5 Å². The second kappa shape index (κ2) is 8.06. The number of carbonyl (C=O) groups excluding carboxylic acids is 1. The van der Waals surface area contributed by atoms with Crippen LogP contribution in [0.4, 0.5) is 0 Å². The summed E-state index contributed by atoms with van der Waals surface area (Å²) in [6.07, 6.45) is 3.50. The lowest BCUT2D eigenvalue weighted by molar-refractivity contribution is 0.0633. The maximum absolute atomic E-state index is 12.8. The zero-order valence-electron chi connectivity index (χ0n) is 16.7. The molecule has 2 aromatic rings. The number of amidine groups is 1. The average Bonchev–Trinajstić information content (AvgIpc) is 2.70. The molecule has 9 heteroatoms. The number of carbonyl (C=O) groups is 1. The zero-order chi connectivity index (χ0) is 21.3. The van der Waals surface area contributed by atoms with E-state index in [0.29, 0.717) is 35.6 Å². The minimum absolute atomic E-state index is 0.00359. The maximum Gasteiger partial charge on any atom is 0.259 e. The van der Waals surface area contributed by atoms with E-state index < -0.39 is 10.0 Å². The van der Waals surface area contributed by atoms with E-state index in [1.807, 2.05) is 11.8 Å². The summed E-state index contributed by atoms with van der Waals surface area (Å²) in [6, 6.07) is 8.78. The molecule has 30 heavy (non-hydrogen) atoms. The van der Waals surface area contributed by atoms with Gasteiger partial charge in [0.15, 0.2) is 0 Å². The molecule has 0 saturated carbocycles. The van der Waals surface area contributed by atoms with Crippen LogP contribution in [0.15, 0.2) is 40.9 Å². The van der Waals surface area contributed by atoms with Crippen LogP contribution in [0.2, 0.25) is 0 Å². The second-order valence-electron chi connectivity index (χ2n) is 7.75. The Kier molecular flexibility index (Phi) is 5.46. The number of pyridine rings is 1. The Hall–Kier alpha value is -2.94. The predicted molar refractivity (Wildman–Crippen MR) is 113 cm³/mol. The fourth-order valence-electron chi connectivity index (χ4n) is 3.99. The van der Waals surface area contributed by atoms with Gasteiger partial charge >= 0.3 is 0 Å². The van der Waals surface area contributed by atoms with Crippen LogP contribution in [0, 0.1) is 12.8 Å². The van der Waals surface area contributed by atoms with Gasteiger partial charge in [-0.25, -0.2) is 8.42 Å². The highest BCUT2D eigenvalue weighted by Crippen LogP contribution is 2.29. The van der Waals surface area contributed by atoms with Gasteiger partial charge in [0, 0.05) is 36.5 Å². The monoisotopic (exact) mass is 428 g/mol. The molecular weight excluding hydrogens is 404 g/mol. The number of hydrogen-bond donors (Lipinski definition) is 1. The third kappa shape index (κ3) is 4.30. The number of likely N-dealkylation sites (tertiary alicyclic amines) is 1. The highest BCUT2D eigenvalue weighted by molar-refractivity contribution is 7.89. The number of aryl methyl sites for hydroxylation is 1. The van der Waals surface area contributed by atoms with Crippen LogP contribution in [-0.4, -0.2) is 49.7 Å². The summed E-state index contributed by atoms with van der Waals surface area (Å²) >= 11 is 0. The predicted octanol–water partition coefficient (Wildman–Crippen LogP) is 1.87. The first kappa shape index (κ1) is 20.3. The van der Waals surface area contributed by atoms with E-state index >= 15 is 0 Å². The number of benzene rings is 1. The molecule has 8 nitrogen and oxygen atoms in total. The molecule has 2 aliphatic heterocycles. The summed E-state index contributed by atoms with van der Waals surface area (Å²) in [7, 11) is -3.59. The van der Waals surface area contributed by atoms with Crippen LogP contribution >= 0.6 is 0 Å². The van der Waals surface area contributed by atoms with Crippen molar-refractivity contribution in [3.05, 3.63) is 58.9 Å². The van der Waals surface area contributed by atoms with Crippen molar-refractivity contribution < 1.29 is 17.9 Å². The fraction of sp³-hybridized carbons (Fsp3) is 0.381. The number of sulfonamides is 1. The highest BCUT2D eigenvalue weighted by Gasteiger charge is 2.28. The van der Waals surface area contributed by atoms with Gasteiger partial charge in [-0.15, -0.1) is 4.40 Å². The molecule has 0 bridgehead atoms. The summed E-state index contributed by atoms with van der Waals surface area (Å²) in [5, 5.41) is 0. The number of amides is 1. The zero-order valence-corrected chi connectivity index (χ0v) is 17.6. The largest absolute Gasteiger partial charge is 0.492 e. The molecule has 158 valence electrons. The summed E-state index contributed by atoms with van der Waals surface area (Å²) < 4.78 is 33.3. The third-order valence-corrected chi connectivity index (χ3v) is 6.52. The number of aromatic nitrogens is 1. The molecule has 3 heterocycles. The Bertz CT molecular complexity index is 1110. The Labute approximate surface area is 175 Å². The topological polar surface area (TPSA) is 115 Å². The van der Waals surface area contributed by atoms with Crippen LogP contribution in [-0.2, 0) is 15.8 Å². The van der Waals surface area contributed by atoms with Gasteiger partial charge < -0.3 is 15.4 Å². The second-order valence-corrected chi connectivity index (χ2v) is 9.38. The van der Waals surface area contributed by atoms with Crippen molar-refractivity contribution in [2.45, 2.75) is 25.5 Å². The Morgan fingerprint density at radius 2 is 2.17 bits per heavy atom. The number of nitrogens with zero attached hydrogens (tertiary/aromatic N) is 3. The minimum atomic E-state index is -3.59. The molecule has 2 N–H and O–H groups in total. The van der Waals surface area contributed by atoms with Crippen molar-refractivity contribution in [3.63, 3.8) is 0 Å². The van der Waals surface area contributed by atoms with Crippen molar-refractivity contribution in [2.75, 3.05) is 19.7 Å². The summed E-state index contributed by atoms with van der Waals surface area (Å²) in [5.74, 6) is 0.477. The Morgan fingerprint density at radius 1 is 1.33 bits per heavy atom. The van der Waals surface area contributed by atoms with Crippen molar-refractivity contribution in [1.29, 1.82) is 0 Å². The van der Waals surface area contributed by atoms with Gasteiger partial charge in [-0.3, -0.25) is 9.78 Å². The molecule has 1 aromatic heterocycles. The number of fused-ring (bicyclic) bond motifs is 1. The van der Waals surface area contributed by atoms with Gasteiger partial charge in [0.05, 0.1) is 17.9 Å². The molecule has 0 spiro atoms. The van der Waals surface area contributed by atoms with Gasteiger partial charge in [-0.05, 0) is 43.5 Å². The van der Waals surface area contributed by atoms with E-state index in [2.05, 4.69) is 9.38 Å². The number of ether oxygens (including phenoxy) is 1. The summed E-state index contributed by atoms with van der Waals surface area (Å²) in [6.45, 7) is 3.60. The molecule has 2 aliphatic rings. The van der Waals surface area contributed by atoms with Gasteiger partial charge in [-0.2, -0.15) is 0 Å². The normalized spacial score (nSPS) is 20.2. The lowest BCUT2D eigenvalue weighted by Crippen LogP contribution is -2.41. The van der Waals surface area contributed by atoms with Gasteiger partial charge in [0.1, 0.15) is 11.6 Å². The van der Waals surface area contributed by atoms with E-state index in [-0.39, 0.29) is 23.4 Å². The van der Waals surface area contributed by atoms with Crippen molar-refractivity contribution in [3.8, 4) is 5.75 Å². The van der Waals surface area contributed by atoms with Crippen molar-refractivity contribution >= 4 is 21.8 Å². The SMILES string of the molecule is Cc1cc(C(=O)N2CCC[C@H](COc3cccc4c3C(N)=NS(=O)(=O)C4)C2)ccn1. The number of nitrogens with two attached hydrogens (primary N) is 1. The molecule has 1 fully saturated rings. The van der Waals surface area contributed by atoms with E-state index in [1.165, 1.54) is 0 Å². The molecule has 1 saturated heterocycles. The standard InChI is InChI=1S/C21H24N4O4S/c1-14-10-16(7-8-23-14)21(26)25-9-3-4-15(11-25)12-29-18-6-2-5-17-13-30(27,28)24-20(22)19(17)18/h2,5-8,10,15H,3-4,9,11-13H2,1H3,(H2,22,24)/t15-/m0/s1. The molecule has 1 atom stereocenters. The minimum Gasteiger partial charge on any atom is -0.492 e. The van der Waals surface area contributed by atoms with E-state index in [9.17, 15) is 13.2 Å². The Morgan fingerprint density at radius 3 is 2.97 bits per heavy atom. The molecule has 1 aromatic carbocycles. The molecule has 4 rings (SSSR count). The quantitative estimate of drug-likeness (QED) is 0.795. The van der Waals surface area contributed by atoms with Crippen LogP contribution < -0.4 is 10.5 Å². The summed E-state index contributed by atoms with van der Waals surface area (Å²) in [4.78, 5) is 18.8. The Balaban J connectivity index is 1.45. The molecule has 0 aliphatic carbocycles. The first-order chi connectivity index (χ1) is 14.3. The number of piperidine rings is 1. The number of rotatable bonds is 4. The van der Waals surface area contributed by atoms with Crippen LogP contribution in [0.1, 0.15) is 40.0 Å². The molecule has 0 radical (unpaired) electrons. The van der Waals surface area contributed by atoms with Gasteiger partial charge in [0.2, 0.25) is 0 Å². The van der Waals surface area contributed by atoms with Crippen LogP contribution in [0.25, 0.3) is 0 Å².